The fraction of sp³-hybridized carbons (Fsp3) is 0.222. The number of ether oxygens (including phenoxy) is 1. The highest BCUT2D eigenvalue weighted by atomic mass is 16.6. The van der Waals surface area contributed by atoms with Crippen LogP contribution in [0.2, 0.25) is 0 Å². The standard InChI is InChI=1S/C18H19N3O5/c1-18(2,17(23)26-3)20-16(22)12-9-10-14(15(11-12)21(24)25)19-13-7-5-4-6-8-13/h4-11,19H,1-3H3,(H,20,22). The number of nitro groups is 1. The number of methoxy groups -OCH3 is 1. The maximum absolute atomic E-state index is 12.4. The van der Waals surface area contributed by atoms with Gasteiger partial charge in [-0.2, -0.15) is 0 Å². The SMILES string of the molecule is COC(=O)C(C)(C)NC(=O)c1ccc(Nc2ccccc2)c([N+](=O)[O-])c1. The van der Waals surface area contributed by atoms with Crippen molar-refractivity contribution in [3.8, 4) is 0 Å². The highest BCUT2D eigenvalue weighted by Gasteiger charge is 2.31. The van der Waals surface area contributed by atoms with Crippen LogP contribution in [0.4, 0.5) is 17.1 Å². The molecule has 0 spiro atoms. The van der Waals surface area contributed by atoms with E-state index in [9.17, 15) is 19.7 Å². The second kappa shape index (κ2) is 7.64. The van der Waals surface area contributed by atoms with E-state index >= 15 is 0 Å². The summed E-state index contributed by atoms with van der Waals surface area (Å²) >= 11 is 0. The Labute approximate surface area is 150 Å². The van der Waals surface area contributed by atoms with Crippen LogP contribution in [0.5, 0.6) is 0 Å². The van der Waals surface area contributed by atoms with Gasteiger partial charge in [-0.3, -0.25) is 14.9 Å². The largest absolute Gasteiger partial charge is 0.467 e. The van der Waals surface area contributed by atoms with Gasteiger partial charge in [0.25, 0.3) is 11.6 Å². The van der Waals surface area contributed by atoms with Gasteiger partial charge in [0, 0.05) is 17.3 Å². The van der Waals surface area contributed by atoms with E-state index in [4.69, 9.17) is 0 Å². The molecule has 8 nitrogen and oxygen atoms in total. The zero-order valence-electron chi connectivity index (χ0n) is 14.6. The highest BCUT2D eigenvalue weighted by Crippen LogP contribution is 2.28. The lowest BCUT2D eigenvalue weighted by atomic mass is 10.0. The minimum atomic E-state index is -1.26. The van der Waals surface area contributed by atoms with E-state index in [1.807, 2.05) is 6.07 Å². The summed E-state index contributed by atoms with van der Waals surface area (Å²) in [6, 6.07) is 13.0. The van der Waals surface area contributed by atoms with Crippen molar-refractivity contribution >= 4 is 28.9 Å². The second-order valence-corrected chi connectivity index (χ2v) is 6.05. The van der Waals surface area contributed by atoms with Crippen LogP contribution in [-0.4, -0.2) is 29.4 Å². The van der Waals surface area contributed by atoms with Crippen LogP contribution in [0.3, 0.4) is 0 Å². The van der Waals surface area contributed by atoms with Crippen LogP contribution in [0.25, 0.3) is 0 Å². The van der Waals surface area contributed by atoms with Crippen LogP contribution < -0.4 is 10.6 Å². The van der Waals surface area contributed by atoms with Crippen molar-refractivity contribution < 1.29 is 19.2 Å². The molecule has 0 saturated heterocycles. The van der Waals surface area contributed by atoms with Crippen molar-refractivity contribution in [2.45, 2.75) is 19.4 Å². The first-order chi connectivity index (χ1) is 12.2. The summed E-state index contributed by atoms with van der Waals surface area (Å²) in [5, 5.41) is 16.8. The Bertz CT molecular complexity index is 834. The van der Waals surface area contributed by atoms with Crippen molar-refractivity contribution in [2.75, 3.05) is 12.4 Å². The number of hydrogen-bond donors (Lipinski definition) is 2. The van der Waals surface area contributed by atoms with Crippen LogP contribution in [0.15, 0.2) is 48.5 Å². The summed E-state index contributed by atoms with van der Waals surface area (Å²) in [4.78, 5) is 34.9. The summed E-state index contributed by atoms with van der Waals surface area (Å²) < 4.78 is 4.63. The predicted octanol–water partition coefficient (Wildman–Crippen LogP) is 3.02. The number of nitrogens with one attached hydrogen (secondary N) is 2. The molecule has 0 aliphatic carbocycles. The van der Waals surface area contributed by atoms with E-state index in [1.54, 1.807) is 24.3 Å². The van der Waals surface area contributed by atoms with E-state index in [0.29, 0.717) is 5.69 Å². The first kappa shape index (κ1) is 18.9. The van der Waals surface area contributed by atoms with E-state index < -0.39 is 22.3 Å². The van der Waals surface area contributed by atoms with Crippen LogP contribution in [-0.2, 0) is 9.53 Å². The molecule has 0 aromatic heterocycles. The molecule has 2 aromatic carbocycles. The molecule has 0 bridgehead atoms. The summed E-state index contributed by atoms with van der Waals surface area (Å²) in [6.45, 7) is 2.97. The van der Waals surface area contributed by atoms with Gasteiger partial charge >= 0.3 is 5.97 Å². The summed E-state index contributed by atoms with van der Waals surface area (Å²) in [7, 11) is 1.21. The van der Waals surface area contributed by atoms with Gasteiger partial charge < -0.3 is 15.4 Å². The van der Waals surface area contributed by atoms with Crippen molar-refractivity contribution in [1.29, 1.82) is 0 Å². The molecule has 1 amide bonds. The number of carbonyl (C=O) groups excluding carboxylic acids is 2. The van der Waals surface area contributed by atoms with E-state index in [0.717, 1.165) is 6.07 Å². The highest BCUT2D eigenvalue weighted by molar-refractivity contribution is 5.99. The summed E-state index contributed by atoms with van der Waals surface area (Å²) in [5.74, 6) is -1.24. The maximum Gasteiger partial charge on any atom is 0.330 e. The maximum atomic E-state index is 12.4. The number of esters is 1. The Balaban J connectivity index is 2.29. The average molecular weight is 357 g/mol. The van der Waals surface area contributed by atoms with Gasteiger partial charge in [-0.25, -0.2) is 4.79 Å². The third-order valence-electron chi connectivity index (χ3n) is 3.63. The second-order valence-electron chi connectivity index (χ2n) is 6.05. The molecule has 26 heavy (non-hydrogen) atoms. The third kappa shape index (κ3) is 4.35. The van der Waals surface area contributed by atoms with Gasteiger partial charge in [-0.1, -0.05) is 18.2 Å². The minimum Gasteiger partial charge on any atom is -0.467 e. The summed E-state index contributed by atoms with van der Waals surface area (Å²) in [6.07, 6.45) is 0. The Kier molecular flexibility index (Phi) is 5.56. The van der Waals surface area contributed by atoms with Gasteiger partial charge in [0.05, 0.1) is 12.0 Å². The number of rotatable bonds is 6. The fourth-order valence-corrected chi connectivity index (χ4v) is 2.27. The molecule has 2 N–H and O–H groups in total. The van der Waals surface area contributed by atoms with Gasteiger partial charge in [0.15, 0.2) is 0 Å². The Morgan fingerprint density at radius 2 is 1.77 bits per heavy atom. The number of amides is 1. The minimum absolute atomic E-state index is 0.0623. The van der Waals surface area contributed by atoms with Crippen LogP contribution >= 0.6 is 0 Å². The molecule has 0 saturated carbocycles. The molecule has 0 aliphatic rings. The smallest absolute Gasteiger partial charge is 0.330 e. The monoisotopic (exact) mass is 357 g/mol. The predicted molar refractivity (Wildman–Crippen MR) is 96.4 cm³/mol. The average Bonchev–Trinajstić information content (AvgIpc) is 2.61. The van der Waals surface area contributed by atoms with Crippen molar-refractivity contribution in [3.05, 3.63) is 64.2 Å². The normalized spacial score (nSPS) is 10.7. The number of nitro benzene ring substituents is 1. The van der Waals surface area contributed by atoms with Gasteiger partial charge in [-0.05, 0) is 38.1 Å². The van der Waals surface area contributed by atoms with E-state index in [1.165, 1.54) is 33.1 Å². The van der Waals surface area contributed by atoms with Crippen molar-refractivity contribution in [1.82, 2.24) is 5.32 Å². The van der Waals surface area contributed by atoms with E-state index in [2.05, 4.69) is 15.4 Å². The van der Waals surface area contributed by atoms with Crippen molar-refractivity contribution in [2.24, 2.45) is 0 Å². The molecule has 0 aliphatic heterocycles. The summed E-state index contributed by atoms with van der Waals surface area (Å²) in [5.41, 5.74) is -0.518. The first-order valence-electron chi connectivity index (χ1n) is 7.76. The number of hydrogen-bond acceptors (Lipinski definition) is 6. The Morgan fingerprint density at radius 1 is 1.12 bits per heavy atom. The lowest BCUT2D eigenvalue weighted by molar-refractivity contribution is -0.383. The van der Waals surface area contributed by atoms with E-state index in [-0.39, 0.29) is 16.9 Å². The Morgan fingerprint density at radius 3 is 2.35 bits per heavy atom. The quantitative estimate of drug-likeness (QED) is 0.467. The molecule has 0 fully saturated rings. The number of benzene rings is 2. The molecule has 2 aromatic rings. The zero-order valence-corrected chi connectivity index (χ0v) is 14.6. The molecule has 0 radical (unpaired) electrons. The lowest BCUT2D eigenvalue weighted by Crippen LogP contribution is -2.50. The number of para-hydroxylation sites is 1. The molecule has 0 unspecified atom stereocenters. The zero-order chi connectivity index (χ0) is 19.3. The number of anilines is 2. The van der Waals surface area contributed by atoms with Crippen LogP contribution in [0.1, 0.15) is 24.2 Å². The first-order valence-corrected chi connectivity index (χ1v) is 7.76. The molecule has 2 rings (SSSR count). The molecular formula is C18H19N3O5. The Hall–Kier alpha value is -3.42. The van der Waals surface area contributed by atoms with Gasteiger partial charge in [0.2, 0.25) is 0 Å². The fourth-order valence-electron chi connectivity index (χ4n) is 2.27. The number of nitrogens with zero attached hydrogens (tertiary/aromatic N) is 1. The number of carbonyl (C=O) groups is 2. The molecule has 8 heteroatoms. The third-order valence-corrected chi connectivity index (χ3v) is 3.63. The van der Waals surface area contributed by atoms with Crippen molar-refractivity contribution in [3.63, 3.8) is 0 Å². The topological polar surface area (TPSA) is 111 Å². The molecule has 136 valence electrons. The molecule has 0 heterocycles. The molecular weight excluding hydrogens is 338 g/mol. The van der Waals surface area contributed by atoms with Crippen LogP contribution in [0, 0.1) is 10.1 Å². The molecule has 0 atom stereocenters. The lowest BCUT2D eigenvalue weighted by Gasteiger charge is -2.23. The van der Waals surface area contributed by atoms with Gasteiger partial charge in [-0.15, -0.1) is 0 Å². The van der Waals surface area contributed by atoms with Gasteiger partial charge in [0.1, 0.15) is 11.2 Å².